The number of ether oxygens (including phenoxy) is 1. The van der Waals surface area contributed by atoms with Crippen molar-refractivity contribution in [2.45, 2.75) is 51.4 Å². The quantitative estimate of drug-likeness (QED) is 0.591. The number of unbranched alkanes of at least 4 members (excludes halogenated alkanes) is 2. The molecule has 30 heavy (non-hydrogen) atoms. The van der Waals surface area contributed by atoms with Crippen LogP contribution in [0.1, 0.15) is 49.7 Å². The first-order valence-electron chi connectivity index (χ1n) is 11.6. The summed E-state index contributed by atoms with van der Waals surface area (Å²) in [4.78, 5) is 14.2. The Kier molecular flexibility index (Phi) is 7.41. The molecule has 4 heteroatoms. The molecule has 4 nitrogen and oxygen atoms in total. The summed E-state index contributed by atoms with van der Waals surface area (Å²) in [5.41, 5.74) is 3.60. The molecule has 0 aliphatic carbocycles. The molecule has 1 saturated heterocycles. The highest BCUT2D eigenvalue weighted by Gasteiger charge is 2.19. The number of piperidine rings is 1. The van der Waals surface area contributed by atoms with Crippen molar-refractivity contribution in [2.24, 2.45) is 5.92 Å². The Hall–Kier alpha value is -2.33. The standard InChI is InChI=1S/C26H34N2O2/c29-26-12-10-23-9-11-24(20-25(23)27-26)30-18-6-2-5-15-28-16-13-22(14-17-28)19-21-7-3-1-4-8-21/h1,3-4,7-9,11,20,22H,2,5-6,10,12-19H2,(H,27,29). The minimum Gasteiger partial charge on any atom is -0.494 e. The molecule has 0 saturated carbocycles. The second kappa shape index (κ2) is 10.6. The van der Waals surface area contributed by atoms with Crippen molar-refractivity contribution in [2.75, 3.05) is 31.6 Å². The van der Waals surface area contributed by atoms with Crippen LogP contribution >= 0.6 is 0 Å². The van der Waals surface area contributed by atoms with Gasteiger partial charge < -0.3 is 15.0 Å². The molecular formula is C26H34N2O2. The van der Waals surface area contributed by atoms with Crippen molar-refractivity contribution >= 4 is 11.6 Å². The van der Waals surface area contributed by atoms with Crippen LogP contribution in [-0.2, 0) is 17.6 Å². The number of carbonyl (C=O) groups is 1. The van der Waals surface area contributed by atoms with Crippen LogP contribution in [0.5, 0.6) is 5.75 Å². The average molecular weight is 407 g/mol. The summed E-state index contributed by atoms with van der Waals surface area (Å²) >= 11 is 0. The second-order valence-electron chi connectivity index (χ2n) is 8.75. The maximum Gasteiger partial charge on any atom is 0.224 e. The lowest BCUT2D eigenvalue weighted by Gasteiger charge is -2.32. The molecule has 1 fully saturated rings. The molecule has 0 atom stereocenters. The zero-order valence-electron chi connectivity index (χ0n) is 17.9. The van der Waals surface area contributed by atoms with Gasteiger partial charge in [-0.1, -0.05) is 36.4 Å². The van der Waals surface area contributed by atoms with E-state index in [2.05, 4.69) is 46.6 Å². The number of nitrogens with one attached hydrogen (secondary N) is 1. The number of anilines is 1. The summed E-state index contributed by atoms with van der Waals surface area (Å²) < 4.78 is 5.91. The highest BCUT2D eigenvalue weighted by Crippen LogP contribution is 2.27. The van der Waals surface area contributed by atoms with Gasteiger partial charge in [-0.05, 0) is 87.7 Å². The molecule has 0 radical (unpaired) electrons. The number of rotatable bonds is 9. The van der Waals surface area contributed by atoms with Gasteiger partial charge in [0.15, 0.2) is 0 Å². The lowest BCUT2D eigenvalue weighted by Crippen LogP contribution is -2.35. The summed E-state index contributed by atoms with van der Waals surface area (Å²) in [5.74, 6) is 1.80. The molecule has 2 aromatic carbocycles. The summed E-state index contributed by atoms with van der Waals surface area (Å²) in [6, 6.07) is 17.0. The molecule has 0 unspecified atom stereocenters. The van der Waals surface area contributed by atoms with Gasteiger partial charge in [0, 0.05) is 18.2 Å². The van der Waals surface area contributed by atoms with E-state index in [0.29, 0.717) is 6.42 Å². The third-order valence-electron chi connectivity index (χ3n) is 6.44. The van der Waals surface area contributed by atoms with E-state index >= 15 is 0 Å². The van der Waals surface area contributed by atoms with Crippen molar-refractivity contribution in [1.82, 2.24) is 4.90 Å². The second-order valence-corrected chi connectivity index (χ2v) is 8.75. The Balaban J connectivity index is 1.07. The monoisotopic (exact) mass is 406 g/mol. The van der Waals surface area contributed by atoms with Gasteiger partial charge in [0.2, 0.25) is 5.91 Å². The van der Waals surface area contributed by atoms with Gasteiger partial charge in [-0.2, -0.15) is 0 Å². The number of carbonyl (C=O) groups excluding carboxylic acids is 1. The van der Waals surface area contributed by atoms with Crippen molar-refractivity contribution in [1.29, 1.82) is 0 Å². The van der Waals surface area contributed by atoms with Crippen LogP contribution in [0.25, 0.3) is 0 Å². The SMILES string of the molecule is O=C1CCc2ccc(OCCCCCN3CCC(Cc4ccccc4)CC3)cc2N1. The van der Waals surface area contributed by atoms with Crippen LogP contribution in [0.2, 0.25) is 0 Å². The Bertz CT molecular complexity index is 813. The van der Waals surface area contributed by atoms with Crippen LogP contribution in [0.3, 0.4) is 0 Å². The fraction of sp³-hybridized carbons (Fsp3) is 0.500. The molecule has 2 aromatic rings. The molecule has 0 aromatic heterocycles. The molecule has 160 valence electrons. The molecule has 2 aliphatic heterocycles. The van der Waals surface area contributed by atoms with E-state index in [9.17, 15) is 4.79 Å². The minimum absolute atomic E-state index is 0.101. The molecular weight excluding hydrogens is 372 g/mol. The Morgan fingerprint density at radius 3 is 2.63 bits per heavy atom. The minimum atomic E-state index is 0.101. The Labute approximate surface area is 180 Å². The summed E-state index contributed by atoms with van der Waals surface area (Å²) in [6.07, 6.45) is 8.81. The summed E-state index contributed by atoms with van der Waals surface area (Å²) in [5, 5.41) is 2.94. The Morgan fingerprint density at radius 1 is 0.967 bits per heavy atom. The molecule has 1 amide bonds. The highest BCUT2D eigenvalue weighted by molar-refractivity contribution is 5.94. The third kappa shape index (κ3) is 6.09. The summed E-state index contributed by atoms with van der Waals surface area (Å²) in [7, 11) is 0. The van der Waals surface area contributed by atoms with Gasteiger partial charge in [0.05, 0.1) is 6.61 Å². The topological polar surface area (TPSA) is 41.6 Å². The number of benzene rings is 2. The fourth-order valence-electron chi connectivity index (χ4n) is 4.61. The van der Waals surface area contributed by atoms with E-state index in [1.165, 1.54) is 62.9 Å². The largest absolute Gasteiger partial charge is 0.494 e. The predicted molar refractivity (Wildman–Crippen MR) is 122 cm³/mol. The van der Waals surface area contributed by atoms with Crippen molar-refractivity contribution in [3.05, 3.63) is 59.7 Å². The fourth-order valence-corrected chi connectivity index (χ4v) is 4.61. The van der Waals surface area contributed by atoms with Crippen LogP contribution in [0, 0.1) is 5.92 Å². The van der Waals surface area contributed by atoms with Crippen molar-refractivity contribution in [3.8, 4) is 5.75 Å². The van der Waals surface area contributed by atoms with E-state index in [1.807, 2.05) is 12.1 Å². The molecule has 4 rings (SSSR count). The first-order chi connectivity index (χ1) is 14.8. The molecule has 0 bridgehead atoms. The number of nitrogens with zero attached hydrogens (tertiary/aromatic N) is 1. The van der Waals surface area contributed by atoms with Gasteiger partial charge in [0.25, 0.3) is 0 Å². The number of likely N-dealkylation sites (tertiary alicyclic amines) is 1. The van der Waals surface area contributed by atoms with Gasteiger partial charge in [-0.15, -0.1) is 0 Å². The number of hydrogen-bond acceptors (Lipinski definition) is 3. The lowest BCUT2D eigenvalue weighted by molar-refractivity contribution is -0.116. The average Bonchev–Trinajstić information content (AvgIpc) is 2.77. The predicted octanol–water partition coefficient (Wildman–Crippen LogP) is 5.08. The van der Waals surface area contributed by atoms with Crippen LogP contribution in [0.15, 0.2) is 48.5 Å². The normalized spacial score (nSPS) is 17.4. The molecule has 2 heterocycles. The summed E-state index contributed by atoms with van der Waals surface area (Å²) in [6.45, 7) is 4.44. The van der Waals surface area contributed by atoms with Crippen molar-refractivity contribution < 1.29 is 9.53 Å². The van der Waals surface area contributed by atoms with E-state index in [4.69, 9.17) is 4.74 Å². The van der Waals surface area contributed by atoms with E-state index in [-0.39, 0.29) is 5.91 Å². The number of aryl methyl sites for hydroxylation is 1. The van der Waals surface area contributed by atoms with E-state index < -0.39 is 0 Å². The Morgan fingerprint density at radius 2 is 1.80 bits per heavy atom. The highest BCUT2D eigenvalue weighted by atomic mass is 16.5. The zero-order chi connectivity index (χ0) is 20.6. The molecule has 0 spiro atoms. The van der Waals surface area contributed by atoms with Crippen molar-refractivity contribution in [3.63, 3.8) is 0 Å². The first kappa shape index (κ1) is 20.9. The maximum absolute atomic E-state index is 11.5. The molecule has 1 N–H and O–H groups in total. The van der Waals surface area contributed by atoms with E-state index in [1.54, 1.807) is 0 Å². The number of hydrogen-bond donors (Lipinski definition) is 1. The number of amides is 1. The smallest absolute Gasteiger partial charge is 0.224 e. The van der Waals surface area contributed by atoms with Gasteiger partial charge in [-0.3, -0.25) is 4.79 Å². The number of fused-ring (bicyclic) bond motifs is 1. The third-order valence-corrected chi connectivity index (χ3v) is 6.44. The van der Waals surface area contributed by atoms with Crippen LogP contribution in [0.4, 0.5) is 5.69 Å². The van der Waals surface area contributed by atoms with Gasteiger partial charge in [-0.25, -0.2) is 0 Å². The zero-order valence-corrected chi connectivity index (χ0v) is 17.9. The first-order valence-corrected chi connectivity index (χ1v) is 11.6. The van der Waals surface area contributed by atoms with Gasteiger partial charge >= 0.3 is 0 Å². The van der Waals surface area contributed by atoms with Crippen LogP contribution < -0.4 is 10.1 Å². The van der Waals surface area contributed by atoms with Crippen LogP contribution in [-0.4, -0.2) is 37.0 Å². The maximum atomic E-state index is 11.5. The van der Waals surface area contributed by atoms with E-state index in [0.717, 1.165) is 36.8 Å². The van der Waals surface area contributed by atoms with Gasteiger partial charge in [0.1, 0.15) is 5.75 Å². The lowest BCUT2D eigenvalue weighted by atomic mass is 9.90. The molecule has 2 aliphatic rings.